The van der Waals surface area contributed by atoms with Gasteiger partial charge < -0.3 is 14.6 Å². The van der Waals surface area contributed by atoms with Crippen LogP contribution in [-0.4, -0.2) is 74.6 Å². The number of amides is 2. The zero-order valence-corrected chi connectivity index (χ0v) is 19.5. The van der Waals surface area contributed by atoms with Crippen molar-refractivity contribution in [3.63, 3.8) is 0 Å². The van der Waals surface area contributed by atoms with E-state index >= 15 is 0 Å². The van der Waals surface area contributed by atoms with E-state index in [0.29, 0.717) is 17.7 Å². The number of likely N-dealkylation sites (tertiary alicyclic amines) is 1. The van der Waals surface area contributed by atoms with Crippen LogP contribution in [0, 0.1) is 20.2 Å². The average molecular weight is 513 g/mol. The number of aliphatic imine (C=N–C) groups is 1. The lowest BCUT2D eigenvalue weighted by Crippen LogP contribution is -2.48. The van der Waals surface area contributed by atoms with Crippen molar-refractivity contribution < 1.29 is 34.0 Å². The molecule has 0 aromatic heterocycles. The zero-order valence-electron chi connectivity index (χ0n) is 19.5. The van der Waals surface area contributed by atoms with Gasteiger partial charge in [0.1, 0.15) is 19.0 Å². The Morgan fingerprint density at radius 1 is 0.919 bits per heavy atom. The quantitative estimate of drug-likeness (QED) is 0.430. The van der Waals surface area contributed by atoms with Gasteiger partial charge in [0.2, 0.25) is 0 Å². The predicted octanol–water partition coefficient (Wildman–Crippen LogP) is 2.63. The highest BCUT2D eigenvalue weighted by Crippen LogP contribution is 2.25. The summed E-state index contributed by atoms with van der Waals surface area (Å²) in [6.07, 6.45) is -2.13. The summed E-state index contributed by atoms with van der Waals surface area (Å²) in [4.78, 5) is 53.0. The fraction of sp³-hybridized carbons (Fsp3) is 0.348. The number of nitro groups is 2. The van der Waals surface area contributed by atoms with Crippen molar-refractivity contribution in [3.05, 3.63) is 79.9 Å². The maximum atomic E-state index is 12.8. The molecule has 0 spiro atoms. The summed E-state index contributed by atoms with van der Waals surface area (Å²) < 4.78 is 10.7. The fourth-order valence-corrected chi connectivity index (χ4v) is 4.07. The first-order valence-electron chi connectivity index (χ1n) is 11.3. The van der Waals surface area contributed by atoms with Crippen LogP contribution in [0.1, 0.15) is 17.5 Å². The third-order valence-electron chi connectivity index (χ3n) is 5.92. The van der Waals surface area contributed by atoms with Crippen molar-refractivity contribution >= 4 is 29.4 Å². The molecular weight excluding hydrogens is 490 g/mol. The Balaban J connectivity index is 1.36. The highest BCUT2D eigenvalue weighted by atomic mass is 16.6. The summed E-state index contributed by atoms with van der Waals surface area (Å²) in [5.41, 5.74) is 0.941. The smallest absolute Gasteiger partial charge is 0.415 e. The number of aliphatic hydroxyl groups excluding tert-OH is 1. The number of amidine groups is 1. The van der Waals surface area contributed by atoms with Crippen LogP contribution >= 0.6 is 0 Å². The topological polar surface area (TPSA) is 178 Å². The van der Waals surface area contributed by atoms with Crippen LogP contribution in [0.5, 0.6) is 0 Å². The highest BCUT2D eigenvalue weighted by molar-refractivity contribution is 6.01. The Morgan fingerprint density at radius 2 is 1.43 bits per heavy atom. The molecule has 2 aromatic rings. The Hall–Kier alpha value is -4.59. The van der Waals surface area contributed by atoms with Crippen LogP contribution < -0.4 is 0 Å². The van der Waals surface area contributed by atoms with Gasteiger partial charge in [-0.15, -0.1) is 0 Å². The largest absolute Gasteiger partial charge is 0.445 e. The molecule has 14 nitrogen and oxygen atoms in total. The Bertz CT molecular complexity index is 1220. The van der Waals surface area contributed by atoms with E-state index in [0.717, 1.165) is 0 Å². The molecule has 1 saturated heterocycles. The van der Waals surface area contributed by atoms with Crippen molar-refractivity contribution in [2.24, 2.45) is 4.99 Å². The second-order valence-corrected chi connectivity index (χ2v) is 8.41. The van der Waals surface area contributed by atoms with Gasteiger partial charge in [0, 0.05) is 30.7 Å². The third kappa shape index (κ3) is 5.98. The summed E-state index contributed by atoms with van der Waals surface area (Å²) in [5, 5.41) is 31.8. The minimum Gasteiger partial charge on any atom is -0.445 e. The van der Waals surface area contributed by atoms with E-state index in [9.17, 15) is 34.9 Å². The second-order valence-electron chi connectivity index (χ2n) is 8.41. The first kappa shape index (κ1) is 25.5. The molecule has 2 aliphatic rings. The van der Waals surface area contributed by atoms with Crippen LogP contribution in [0.2, 0.25) is 0 Å². The number of aliphatic hydroxyl groups is 1. The molecule has 0 bridgehead atoms. The van der Waals surface area contributed by atoms with E-state index in [1.54, 1.807) is 0 Å². The average Bonchev–Trinajstić information content (AvgIpc) is 3.53. The van der Waals surface area contributed by atoms with E-state index < -0.39 is 34.2 Å². The van der Waals surface area contributed by atoms with Gasteiger partial charge >= 0.3 is 12.2 Å². The van der Waals surface area contributed by atoms with Crippen LogP contribution in [-0.2, 0) is 22.7 Å². The van der Waals surface area contributed by atoms with Crippen molar-refractivity contribution in [2.75, 3.05) is 19.6 Å². The molecular formula is C23H23N5O9. The van der Waals surface area contributed by atoms with Gasteiger partial charge in [0.15, 0.2) is 0 Å². The van der Waals surface area contributed by atoms with Gasteiger partial charge in [-0.25, -0.2) is 9.59 Å². The van der Waals surface area contributed by atoms with E-state index in [1.165, 1.54) is 58.3 Å². The van der Waals surface area contributed by atoms with Crippen LogP contribution in [0.3, 0.4) is 0 Å². The van der Waals surface area contributed by atoms with Crippen molar-refractivity contribution in [1.29, 1.82) is 0 Å². The number of nitro benzene ring substituents is 2. The number of nitrogens with zero attached hydrogens (tertiary/aromatic N) is 5. The minimum atomic E-state index is -0.849. The summed E-state index contributed by atoms with van der Waals surface area (Å²) in [5.74, 6) is 0.275. The molecule has 1 N–H and O–H groups in total. The standard InChI is InChI=1S/C23H23N5O9/c29-19-11-20(26(12-19)23(31)37-14-16-3-7-18(8-4-16)28(34)35)21-24-9-10-25(21)22(30)36-13-15-1-5-17(6-2-15)27(32)33/h1-8,19-20,29H,9-14H2. The lowest BCUT2D eigenvalue weighted by atomic mass is 10.1. The summed E-state index contributed by atoms with van der Waals surface area (Å²) in [7, 11) is 0. The van der Waals surface area contributed by atoms with E-state index in [4.69, 9.17) is 9.47 Å². The molecule has 0 aliphatic carbocycles. The first-order chi connectivity index (χ1) is 17.7. The van der Waals surface area contributed by atoms with Gasteiger partial charge in [-0.3, -0.25) is 35.0 Å². The van der Waals surface area contributed by atoms with Gasteiger partial charge in [-0.05, 0) is 35.4 Å². The maximum Gasteiger partial charge on any atom is 0.415 e. The Morgan fingerprint density at radius 3 is 1.95 bits per heavy atom. The van der Waals surface area contributed by atoms with Crippen LogP contribution in [0.4, 0.5) is 21.0 Å². The molecule has 2 aliphatic heterocycles. The van der Waals surface area contributed by atoms with Gasteiger partial charge in [0.05, 0.1) is 41.6 Å². The number of hydrogen-bond donors (Lipinski definition) is 1. The van der Waals surface area contributed by atoms with Crippen LogP contribution in [0.15, 0.2) is 53.5 Å². The zero-order chi connectivity index (χ0) is 26.5. The number of carbonyl (C=O) groups excluding carboxylic acids is 2. The molecule has 14 heteroatoms. The van der Waals surface area contributed by atoms with Gasteiger partial charge in [-0.2, -0.15) is 0 Å². The number of ether oxygens (including phenoxy) is 2. The van der Waals surface area contributed by atoms with E-state index in [1.807, 2.05) is 0 Å². The SMILES string of the molecule is O=C(OCc1ccc([N+](=O)[O-])cc1)N1CCN=C1C1CC(O)CN1C(=O)OCc1ccc([N+](=O)[O-])cc1. The number of non-ortho nitro benzene ring substituents is 2. The summed E-state index contributed by atoms with van der Waals surface area (Å²) in [6, 6.07) is 10.4. The van der Waals surface area contributed by atoms with E-state index in [2.05, 4.69) is 4.99 Å². The lowest BCUT2D eigenvalue weighted by Gasteiger charge is -2.28. The van der Waals surface area contributed by atoms with Crippen molar-refractivity contribution in [2.45, 2.75) is 31.8 Å². The number of rotatable bonds is 7. The maximum absolute atomic E-state index is 12.8. The Kier molecular flexibility index (Phi) is 7.57. The highest BCUT2D eigenvalue weighted by Gasteiger charge is 2.43. The van der Waals surface area contributed by atoms with Gasteiger partial charge in [0.25, 0.3) is 11.4 Å². The number of hydrogen-bond acceptors (Lipinski definition) is 10. The number of benzene rings is 2. The summed E-state index contributed by atoms with van der Waals surface area (Å²) >= 11 is 0. The fourth-order valence-electron chi connectivity index (χ4n) is 4.07. The normalized spacial score (nSPS) is 18.9. The lowest BCUT2D eigenvalue weighted by molar-refractivity contribution is -0.385. The molecule has 1 fully saturated rings. The van der Waals surface area contributed by atoms with Gasteiger partial charge in [-0.1, -0.05) is 0 Å². The minimum absolute atomic E-state index is 0.0194. The van der Waals surface area contributed by atoms with Crippen molar-refractivity contribution in [3.8, 4) is 0 Å². The molecule has 4 rings (SSSR count). The molecule has 0 radical (unpaired) electrons. The molecule has 2 heterocycles. The van der Waals surface area contributed by atoms with E-state index in [-0.39, 0.29) is 49.9 Å². The molecule has 2 aromatic carbocycles. The third-order valence-corrected chi connectivity index (χ3v) is 5.92. The molecule has 37 heavy (non-hydrogen) atoms. The molecule has 2 amide bonds. The van der Waals surface area contributed by atoms with Crippen LogP contribution in [0.25, 0.3) is 0 Å². The molecule has 2 unspecified atom stereocenters. The second kappa shape index (κ2) is 11.0. The Labute approximate surface area is 210 Å². The summed E-state index contributed by atoms with van der Waals surface area (Å²) in [6.45, 7) is 0.250. The first-order valence-corrected chi connectivity index (χ1v) is 11.3. The monoisotopic (exact) mass is 513 g/mol. The number of carbonyl (C=O) groups is 2. The van der Waals surface area contributed by atoms with Crippen molar-refractivity contribution in [1.82, 2.24) is 9.80 Å². The molecule has 0 saturated carbocycles. The molecule has 2 atom stereocenters. The molecule has 194 valence electrons. The number of β-amino-alcohol motifs (C(OH)–C–C–N with tert-alkyl or cyclic N) is 1. The predicted molar refractivity (Wildman–Crippen MR) is 127 cm³/mol.